The summed E-state index contributed by atoms with van der Waals surface area (Å²) in [5.41, 5.74) is 0. The molecule has 2 atom stereocenters. The van der Waals surface area contributed by atoms with Crippen LogP contribution in [0.4, 0.5) is 0 Å². The van der Waals surface area contributed by atoms with Gasteiger partial charge in [-0.2, -0.15) is 5.10 Å². The van der Waals surface area contributed by atoms with E-state index in [4.69, 9.17) is 4.74 Å². The average molecular weight is 304 g/mol. The maximum atomic E-state index is 12.6. The van der Waals surface area contributed by atoms with E-state index in [2.05, 4.69) is 41.2 Å². The largest absolute Gasteiger partial charge is 0.367 e. The standard InChI is InChI=1S/C16H24N4O2/c1-11(2)14-17-15(19-18-14)13-10-20(8-9-22-13)16(21)12-6-4-3-5-7-12/h3-4,11-13H,5-10H2,1-2H3,(H,17,18,19)/t12-,13-/m0/s1. The average Bonchev–Trinajstić information content (AvgIpc) is 3.05. The fourth-order valence-corrected chi connectivity index (χ4v) is 2.98. The summed E-state index contributed by atoms with van der Waals surface area (Å²) in [5, 5.41) is 7.18. The monoisotopic (exact) mass is 304 g/mol. The fourth-order valence-electron chi connectivity index (χ4n) is 2.98. The lowest BCUT2D eigenvalue weighted by Crippen LogP contribution is -2.45. The number of amides is 1. The minimum Gasteiger partial charge on any atom is -0.367 e. The molecule has 1 fully saturated rings. The van der Waals surface area contributed by atoms with Gasteiger partial charge in [-0.3, -0.25) is 9.89 Å². The van der Waals surface area contributed by atoms with Gasteiger partial charge in [0.15, 0.2) is 11.6 Å². The van der Waals surface area contributed by atoms with Crippen molar-refractivity contribution in [3.8, 4) is 0 Å². The van der Waals surface area contributed by atoms with Gasteiger partial charge in [-0.1, -0.05) is 26.0 Å². The second-order valence-electron chi connectivity index (χ2n) is 6.36. The predicted molar refractivity (Wildman–Crippen MR) is 82.2 cm³/mol. The van der Waals surface area contributed by atoms with Gasteiger partial charge in [-0.15, -0.1) is 0 Å². The minimum absolute atomic E-state index is 0.129. The van der Waals surface area contributed by atoms with Gasteiger partial charge >= 0.3 is 0 Å². The van der Waals surface area contributed by atoms with Crippen LogP contribution in [-0.2, 0) is 9.53 Å². The van der Waals surface area contributed by atoms with E-state index in [1.54, 1.807) is 0 Å². The van der Waals surface area contributed by atoms with Crippen LogP contribution in [0, 0.1) is 5.92 Å². The second kappa shape index (κ2) is 6.60. The molecular weight excluding hydrogens is 280 g/mol. The Bertz CT molecular complexity index is 552. The van der Waals surface area contributed by atoms with Crippen molar-refractivity contribution in [2.24, 2.45) is 5.92 Å². The third kappa shape index (κ3) is 3.21. The van der Waals surface area contributed by atoms with E-state index in [0.29, 0.717) is 19.7 Å². The lowest BCUT2D eigenvalue weighted by Gasteiger charge is -2.34. The van der Waals surface area contributed by atoms with E-state index < -0.39 is 0 Å². The Labute approximate surface area is 130 Å². The lowest BCUT2D eigenvalue weighted by molar-refractivity contribution is -0.143. The molecular formula is C16H24N4O2. The molecule has 2 aliphatic rings. The highest BCUT2D eigenvalue weighted by Crippen LogP contribution is 2.25. The number of nitrogens with zero attached hydrogens (tertiary/aromatic N) is 3. The molecule has 1 aliphatic carbocycles. The van der Waals surface area contributed by atoms with E-state index in [-0.39, 0.29) is 23.8 Å². The van der Waals surface area contributed by atoms with Crippen LogP contribution in [0.15, 0.2) is 12.2 Å². The Kier molecular flexibility index (Phi) is 4.57. The normalized spacial score (nSPS) is 25.7. The number of carbonyl (C=O) groups excluding carboxylic acids is 1. The number of H-pyrrole nitrogens is 1. The fraction of sp³-hybridized carbons (Fsp3) is 0.688. The quantitative estimate of drug-likeness (QED) is 0.869. The molecule has 1 N–H and O–H groups in total. The van der Waals surface area contributed by atoms with Crippen molar-refractivity contribution in [2.45, 2.75) is 45.1 Å². The summed E-state index contributed by atoms with van der Waals surface area (Å²) in [6, 6.07) is 0. The summed E-state index contributed by atoms with van der Waals surface area (Å²) in [6.45, 7) is 5.89. The van der Waals surface area contributed by atoms with E-state index in [0.717, 1.165) is 30.9 Å². The van der Waals surface area contributed by atoms with E-state index in [9.17, 15) is 4.79 Å². The molecule has 6 heteroatoms. The molecule has 1 aromatic heterocycles. The van der Waals surface area contributed by atoms with Crippen LogP contribution in [0.2, 0.25) is 0 Å². The summed E-state index contributed by atoms with van der Waals surface area (Å²) in [6.07, 6.45) is 6.90. The molecule has 0 saturated carbocycles. The number of aromatic amines is 1. The molecule has 2 heterocycles. The maximum Gasteiger partial charge on any atom is 0.226 e. The highest BCUT2D eigenvalue weighted by atomic mass is 16.5. The van der Waals surface area contributed by atoms with Gasteiger partial charge in [-0.05, 0) is 19.3 Å². The summed E-state index contributed by atoms with van der Waals surface area (Å²) < 4.78 is 5.78. The van der Waals surface area contributed by atoms with Crippen LogP contribution in [0.3, 0.4) is 0 Å². The van der Waals surface area contributed by atoms with Crippen LogP contribution < -0.4 is 0 Å². The van der Waals surface area contributed by atoms with Gasteiger partial charge in [-0.25, -0.2) is 4.98 Å². The first-order valence-corrected chi connectivity index (χ1v) is 8.12. The van der Waals surface area contributed by atoms with Crippen molar-refractivity contribution in [3.63, 3.8) is 0 Å². The summed E-state index contributed by atoms with van der Waals surface area (Å²) in [5.74, 6) is 2.18. The highest BCUT2D eigenvalue weighted by molar-refractivity contribution is 5.79. The third-order valence-electron chi connectivity index (χ3n) is 4.34. The first kappa shape index (κ1) is 15.2. The second-order valence-corrected chi connectivity index (χ2v) is 6.36. The Morgan fingerprint density at radius 1 is 1.45 bits per heavy atom. The third-order valence-corrected chi connectivity index (χ3v) is 4.34. The van der Waals surface area contributed by atoms with Gasteiger partial charge in [0.05, 0.1) is 13.2 Å². The van der Waals surface area contributed by atoms with E-state index in [1.807, 2.05) is 4.90 Å². The zero-order valence-corrected chi connectivity index (χ0v) is 13.3. The molecule has 1 aliphatic heterocycles. The van der Waals surface area contributed by atoms with Crippen LogP contribution >= 0.6 is 0 Å². The van der Waals surface area contributed by atoms with Crippen molar-refractivity contribution < 1.29 is 9.53 Å². The molecule has 1 amide bonds. The zero-order valence-electron chi connectivity index (χ0n) is 13.3. The number of rotatable bonds is 3. The van der Waals surface area contributed by atoms with Crippen LogP contribution in [0.25, 0.3) is 0 Å². The van der Waals surface area contributed by atoms with E-state index in [1.165, 1.54) is 0 Å². The number of nitrogens with one attached hydrogen (secondary N) is 1. The number of hydrogen-bond donors (Lipinski definition) is 1. The van der Waals surface area contributed by atoms with E-state index >= 15 is 0 Å². The van der Waals surface area contributed by atoms with Crippen LogP contribution in [-0.4, -0.2) is 45.7 Å². The Morgan fingerprint density at radius 2 is 2.32 bits per heavy atom. The van der Waals surface area contributed by atoms with Gasteiger partial charge in [0.2, 0.25) is 5.91 Å². The number of morpholine rings is 1. The molecule has 1 aromatic rings. The van der Waals surface area contributed by atoms with Crippen molar-refractivity contribution >= 4 is 5.91 Å². The number of allylic oxidation sites excluding steroid dienone is 2. The molecule has 6 nitrogen and oxygen atoms in total. The lowest BCUT2D eigenvalue weighted by atomic mass is 9.93. The van der Waals surface area contributed by atoms with Gasteiger partial charge in [0, 0.05) is 18.4 Å². The van der Waals surface area contributed by atoms with Gasteiger partial charge in [0.1, 0.15) is 6.10 Å². The van der Waals surface area contributed by atoms with Crippen LogP contribution in [0.5, 0.6) is 0 Å². The van der Waals surface area contributed by atoms with Crippen molar-refractivity contribution in [2.75, 3.05) is 19.7 Å². The highest BCUT2D eigenvalue weighted by Gasteiger charge is 2.31. The number of carbonyl (C=O) groups is 1. The summed E-state index contributed by atoms with van der Waals surface area (Å²) >= 11 is 0. The molecule has 3 rings (SSSR count). The number of aromatic nitrogens is 3. The minimum atomic E-state index is -0.197. The molecule has 22 heavy (non-hydrogen) atoms. The molecule has 0 unspecified atom stereocenters. The number of ether oxygens (including phenoxy) is 1. The Balaban J connectivity index is 1.65. The van der Waals surface area contributed by atoms with Gasteiger partial charge in [0.25, 0.3) is 0 Å². The van der Waals surface area contributed by atoms with Crippen molar-refractivity contribution in [1.82, 2.24) is 20.1 Å². The number of hydrogen-bond acceptors (Lipinski definition) is 4. The molecule has 120 valence electrons. The summed E-state index contributed by atoms with van der Waals surface area (Å²) in [4.78, 5) is 19.1. The van der Waals surface area contributed by atoms with Gasteiger partial charge < -0.3 is 9.64 Å². The first-order valence-electron chi connectivity index (χ1n) is 8.12. The molecule has 1 saturated heterocycles. The molecule has 0 spiro atoms. The first-order chi connectivity index (χ1) is 10.6. The maximum absolute atomic E-state index is 12.6. The van der Waals surface area contributed by atoms with Crippen molar-refractivity contribution in [1.29, 1.82) is 0 Å². The summed E-state index contributed by atoms with van der Waals surface area (Å²) in [7, 11) is 0. The molecule has 0 aromatic carbocycles. The predicted octanol–water partition coefficient (Wildman–Crippen LogP) is 2.18. The van der Waals surface area contributed by atoms with Crippen molar-refractivity contribution in [3.05, 3.63) is 23.8 Å². The Hall–Kier alpha value is -1.69. The zero-order chi connectivity index (χ0) is 15.5. The Morgan fingerprint density at radius 3 is 3.00 bits per heavy atom. The smallest absolute Gasteiger partial charge is 0.226 e. The molecule has 0 radical (unpaired) electrons. The molecule has 0 bridgehead atoms. The topological polar surface area (TPSA) is 71.1 Å². The van der Waals surface area contributed by atoms with Crippen LogP contribution in [0.1, 0.15) is 56.8 Å². The SMILES string of the molecule is CC(C)c1n[nH]c([C@@H]2CN(C(=O)[C@H]3CC=CCC3)CCO2)n1.